The summed E-state index contributed by atoms with van der Waals surface area (Å²) in [5, 5.41) is 1.53. The van der Waals surface area contributed by atoms with Crippen LogP contribution in [0.15, 0.2) is 48.5 Å². The molecule has 0 aromatic heterocycles. The van der Waals surface area contributed by atoms with E-state index in [0.29, 0.717) is 37.6 Å². The van der Waals surface area contributed by atoms with Crippen molar-refractivity contribution in [2.45, 2.75) is 12.7 Å². The Morgan fingerprint density at radius 2 is 1.58 bits per heavy atom. The zero-order valence-electron chi connectivity index (χ0n) is 17.4. The molecule has 1 N–H and O–H groups in total. The normalized spacial score (nSPS) is 14.0. The van der Waals surface area contributed by atoms with Gasteiger partial charge in [-0.1, -0.05) is 24.3 Å². The van der Waals surface area contributed by atoms with Crippen molar-refractivity contribution in [3.05, 3.63) is 65.5 Å². The molecule has 1 saturated heterocycles. The zero-order valence-corrected chi connectivity index (χ0v) is 17.4. The summed E-state index contributed by atoms with van der Waals surface area (Å²) < 4.78 is 55.4. The van der Waals surface area contributed by atoms with Crippen LogP contribution in [0.4, 0.5) is 28.0 Å². The predicted molar refractivity (Wildman–Crippen MR) is 110 cm³/mol. The van der Waals surface area contributed by atoms with Gasteiger partial charge in [-0.25, -0.2) is 9.18 Å². The van der Waals surface area contributed by atoms with Gasteiger partial charge >= 0.3 is 18.1 Å². The van der Waals surface area contributed by atoms with E-state index in [2.05, 4.69) is 0 Å². The van der Waals surface area contributed by atoms with Gasteiger partial charge in [0.25, 0.3) is 0 Å². The SMILES string of the molecule is O=C(CNC(=O)C(F)(F)F)c1ccc(CN(C(=O)N2CCOCC2)c2ccc(F)cc2)cc1. The topological polar surface area (TPSA) is 79.0 Å². The quantitative estimate of drug-likeness (QED) is 0.523. The van der Waals surface area contributed by atoms with Crippen molar-refractivity contribution in [2.75, 3.05) is 37.7 Å². The van der Waals surface area contributed by atoms with Crippen LogP contribution in [0.2, 0.25) is 0 Å². The lowest BCUT2D eigenvalue weighted by atomic mass is 10.1. The molecule has 7 nitrogen and oxygen atoms in total. The molecule has 0 bridgehead atoms. The number of benzene rings is 2. The lowest BCUT2D eigenvalue weighted by molar-refractivity contribution is -0.173. The number of hydrogen-bond acceptors (Lipinski definition) is 4. The fraction of sp³-hybridized carbons (Fsp3) is 0.318. The van der Waals surface area contributed by atoms with Gasteiger partial charge in [0.1, 0.15) is 5.82 Å². The third kappa shape index (κ3) is 6.51. The largest absolute Gasteiger partial charge is 0.471 e. The maximum atomic E-state index is 13.4. The number of ether oxygens (including phenoxy) is 1. The van der Waals surface area contributed by atoms with E-state index in [-0.39, 0.29) is 18.1 Å². The minimum absolute atomic E-state index is 0.106. The minimum Gasteiger partial charge on any atom is -0.378 e. The summed E-state index contributed by atoms with van der Waals surface area (Å²) in [6.45, 7) is 0.951. The number of nitrogens with zero attached hydrogens (tertiary/aromatic N) is 2. The number of rotatable bonds is 6. The van der Waals surface area contributed by atoms with Crippen molar-refractivity contribution < 1.29 is 36.7 Å². The summed E-state index contributed by atoms with van der Waals surface area (Å²) in [7, 11) is 0. The fourth-order valence-electron chi connectivity index (χ4n) is 3.16. The first-order valence-electron chi connectivity index (χ1n) is 10.0. The van der Waals surface area contributed by atoms with Gasteiger partial charge in [0.2, 0.25) is 0 Å². The van der Waals surface area contributed by atoms with Gasteiger partial charge in [0, 0.05) is 24.3 Å². The molecule has 1 aliphatic heterocycles. The predicted octanol–water partition coefficient (Wildman–Crippen LogP) is 3.15. The Morgan fingerprint density at radius 1 is 0.970 bits per heavy atom. The Morgan fingerprint density at radius 3 is 2.15 bits per heavy atom. The molecule has 3 rings (SSSR count). The van der Waals surface area contributed by atoms with Crippen molar-refractivity contribution >= 4 is 23.4 Å². The molecule has 0 aliphatic carbocycles. The van der Waals surface area contributed by atoms with Crippen LogP contribution in [0.3, 0.4) is 0 Å². The zero-order chi connectivity index (χ0) is 24.0. The molecule has 11 heteroatoms. The summed E-state index contributed by atoms with van der Waals surface area (Å²) in [5.41, 5.74) is 1.22. The molecular weight excluding hydrogens is 446 g/mol. The first-order chi connectivity index (χ1) is 15.6. The Labute approximate surface area is 186 Å². The lowest BCUT2D eigenvalue weighted by Gasteiger charge is -2.33. The van der Waals surface area contributed by atoms with Crippen molar-refractivity contribution in [3.8, 4) is 0 Å². The minimum atomic E-state index is -5.07. The number of ketones is 1. The molecule has 176 valence electrons. The molecule has 1 aliphatic rings. The highest BCUT2D eigenvalue weighted by Gasteiger charge is 2.38. The van der Waals surface area contributed by atoms with E-state index in [0.717, 1.165) is 0 Å². The molecule has 0 spiro atoms. The molecular formula is C22H21F4N3O4. The highest BCUT2D eigenvalue weighted by atomic mass is 19.4. The van der Waals surface area contributed by atoms with Gasteiger partial charge < -0.3 is 15.0 Å². The number of carbonyl (C=O) groups is 3. The number of halogens is 4. The average Bonchev–Trinajstić information content (AvgIpc) is 2.81. The molecule has 0 radical (unpaired) electrons. The first kappa shape index (κ1) is 24.2. The van der Waals surface area contributed by atoms with Crippen molar-refractivity contribution in [2.24, 2.45) is 0 Å². The molecule has 1 fully saturated rings. The molecule has 2 aromatic carbocycles. The standard InChI is InChI=1S/C22H21F4N3O4/c23-17-5-7-18(8-6-17)29(21(32)28-9-11-33-12-10-28)14-15-1-3-16(4-2-15)19(30)13-27-20(31)22(24,25)26/h1-8H,9-14H2,(H,27,31). The summed E-state index contributed by atoms with van der Waals surface area (Å²) in [5.74, 6) is -3.33. The average molecular weight is 467 g/mol. The van der Waals surface area contributed by atoms with Crippen LogP contribution in [-0.2, 0) is 16.1 Å². The number of alkyl halides is 3. The first-order valence-corrected chi connectivity index (χ1v) is 10.0. The number of carbonyl (C=O) groups excluding carboxylic acids is 3. The Hall–Kier alpha value is -3.47. The molecule has 0 atom stereocenters. The van der Waals surface area contributed by atoms with E-state index in [9.17, 15) is 31.9 Å². The summed E-state index contributed by atoms with van der Waals surface area (Å²) in [4.78, 5) is 39.1. The Bertz CT molecular complexity index is 988. The van der Waals surface area contributed by atoms with Crippen molar-refractivity contribution in [3.63, 3.8) is 0 Å². The number of morpholine rings is 1. The van der Waals surface area contributed by atoms with Crippen LogP contribution in [0.25, 0.3) is 0 Å². The number of hydrogen-bond donors (Lipinski definition) is 1. The van der Waals surface area contributed by atoms with Crippen LogP contribution in [0.1, 0.15) is 15.9 Å². The van der Waals surface area contributed by atoms with E-state index in [1.54, 1.807) is 17.0 Å². The smallest absolute Gasteiger partial charge is 0.378 e. The molecule has 1 heterocycles. The van der Waals surface area contributed by atoms with Gasteiger partial charge in [-0.2, -0.15) is 13.2 Å². The van der Waals surface area contributed by atoms with E-state index >= 15 is 0 Å². The number of urea groups is 1. The van der Waals surface area contributed by atoms with Crippen LogP contribution in [0.5, 0.6) is 0 Å². The molecule has 2 aromatic rings. The van der Waals surface area contributed by atoms with Gasteiger partial charge in [0.05, 0.1) is 26.3 Å². The number of anilines is 1. The van der Waals surface area contributed by atoms with Gasteiger partial charge in [0.15, 0.2) is 5.78 Å². The third-order valence-corrected chi connectivity index (χ3v) is 4.93. The van der Waals surface area contributed by atoms with Gasteiger partial charge in [-0.15, -0.1) is 0 Å². The fourth-order valence-corrected chi connectivity index (χ4v) is 3.16. The van der Waals surface area contributed by atoms with Crippen molar-refractivity contribution in [1.82, 2.24) is 10.2 Å². The summed E-state index contributed by atoms with van der Waals surface area (Å²) >= 11 is 0. The molecule has 3 amide bonds. The lowest BCUT2D eigenvalue weighted by Crippen LogP contribution is -2.48. The second-order valence-electron chi connectivity index (χ2n) is 7.25. The van der Waals surface area contributed by atoms with Crippen LogP contribution >= 0.6 is 0 Å². The number of amides is 3. The molecule has 0 unspecified atom stereocenters. The number of Topliss-reactive ketones (excluding diaryl/α,β-unsaturated/α-hetero) is 1. The monoisotopic (exact) mass is 467 g/mol. The summed E-state index contributed by atoms with van der Waals surface area (Å²) in [6.07, 6.45) is -5.07. The molecule has 33 heavy (non-hydrogen) atoms. The molecule has 0 saturated carbocycles. The second kappa shape index (κ2) is 10.4. The van der Waals surface area contributed by atoms with Gasteiger partial charge in [-0.05, 0) is 29.8 Å². The Kier molecular flexibility index (Phi) is 7.64. The maximum absolute atomic E-state index is 13.4. The van der Waals surface area contributed by atoms with E-state index in [4.69, 9.17) is 4.74 Å². The van der Waals surface area contributed by atoms with E-state index in [1.165, 1.54) is 46.6 Å². The van der Waals surface area contributed by atoms with Crippen LogP contribution in [0, 0.1) is 5.82 Å². The third-order valence-electron chi connectivity index (χ3n) is 4.93. The second-order valence-corrected chi connectivity index (χ2v) is 7.25. The summed E-state index contributed by atoms with van der Waals surface area (Å²) in [6, 6.07) is 11.1. The van der Waals surface area contributed by atoms with Crippen LogP contribution in [-0.4, -0.2) is 61.6 Å². The van der Waals surface area contributed by atoms with Crippen LogP contribution < -0.4 is 10.2 Å². The maximum Gasteiger partial charge on any atom is 0.471 e. The van der Waals surface area contributed by atoms with Crippen molar-refractivity contribution in [1.29, 1.82) is 0 Å². The Balaban J connectivity index is 1.72. The highest BCUT2D eigenvalue weighted by Crippen LogP contribution is 2.21. The van der Waals surface area contributed by atoms with E-state index in [1.807, 2.05) is 0 Å². The van der Waals surface area contributed by atoms with E-state index < -0.39 is 30.2 Å². The van der Waals surface area contributed by atoms with Gasteiger partial charge in [-0.3, -0.25) is 14.5 Å². The number of nitrogens with one attached hydrogen (secondary N) is 1. The highest BCUT2D eigenvalue weighted by molar-refractivity contribution is 5.99.